The van der Waals surface area contributed by atoms with Gasteiger partial charge in [0.2, 0.25) is 6.39 Å². The van der Waals surface area contributed by atoms with Crippen LogP contribution >= 0.6 is 0 Å². The molecule has 0 aliphatic rings. The highest BCUT2D eigenvalue weighted by molar-refractivity contribution is 5.12. The number of aryl methyl sites for hydroxylation is 1. The normalized spacial score (nSPS) is 12.6. The van der Waals surface area contributed by atoms with Crippen LogP contribution in [0.15, 0.2) is 23.3 Å². The quantitative estimate of drug-likeness (QED) is 0.832. The third-order valence-electron chi connectivity index (χ3n) is 2.54. The van der Waals surface area contributed by atoms with Gasteiger partial charge in [-0.3, -0.25) is 9.97 Å². The molecule has 0 spiro atoms. The van der Waals surface area contributed by atoms with Gasteiger partial charge < -0.3 is 9.84 Å². The molecule has 6 nitrogen and oxygen atoms in total. The summed E-state index contributed by atoms with van der Waals surface area (Å²) in [5.41, 5.74) is 1.92. The minimum absolute atomic E-state index is 0.163. The third-order valence-corrected chi connectivity index (χ3v) is 2.54. The lowest BCUT2D eigenvalue weighted by atomic mass is 10.2. The summed E-state index contributed by atoms with van der Waals surface area (Å²) in [4.78, 5) is 12.5. The van der Waals surface area contributed by atoms with Gasteiger partial charge in [0.25, 0.3) is 0 Å². The van der Waals surface area contributed by atoms with Crippen molar-refractivity contribution < 1.29 is 4.52 Å². The van der Waals surface area contributed by atoms with E-state index in [1.54, 1.807) is 12.4 Å². The van der Waals surface area contributed by atoms with Crippen molar-refractivity contribution in [3.8, 4) is 0 Å². The molecule has 2 heterocycles. The average Bonchev–Trinajstić information content (AvgIpc) is 2.82. The lowest BCUT2D eigenvalue weighted by Gasteiger charge is -2.13. The summed E-state index contributed by atoms with van der Waals surface area (Å²) in [5, 5.41) is 7.10. The predicted molar refractivity (Wildman–Crippen MR) is 61.2 cm³/mol. The number of nitrogens with one attached hydrogen (secondary N) is 1. The first-order chi connectivity index (χ1) is 8.27. The van der Waals surface area contributed by atoms with Gasteiger partial charge in [0.15, 0.2) is 5.82 Å². The van der Waals surface area contributed by atoms with E-state index in [1.807, 2.05) is 6.92 Å². The second-order valence-corrected chi connectivity index (χ2v) is 3.80. The Hall–Kier alpha value is -1.82. The van der Waals surface area contributed by atoms with E-state index >= 15 is 0 Å². The fourth-order valence-corrected chi connectivity index (χ4v) is 1.64. The summed E-state index contributed by atoms with van der Waals surface area (Å²) in [5.74, 6) is 0.709. The molecule has 0 radical (unpaired) electrons. The summed E-state index contributed by atoms with van der Waals surface area (Å²) in [6.07, 6.45) is 5.48. The van der Waals surface area contributed by atoms with Crippen LogP contribution < -0.4 is 5.32 Å². The SMILES string of the molecule is Cc1nccnc1C(C)NCCc1ncon1. The standard InChI is InChI=1S/C11H15N5O/c1-8(11-9(2)13-5-6-14-11)12-4-3-10-15-7-17-16-10/h5-8,12H,3-4H2,1-2H3. The first kappa shape index (κ1) is 11.7. The minimum atomic E-state index is 0.163. The van der Waals surface area contributed by atoms with Crippen molar-refractivity contribution in [2.75, 3.05) is 6.54 Å². The largest absolute Gasteiger partial charge is 0.343 e. The molecule has 17 heavy (non-hydrogen) atoms. The van der Waals surface area contributed by atoms with Crippen molar-refractivity contribution in [3.63, 3.8) is 0 Å². The maximum absolute atomic E-state index is 4.66. The van der Waals surface area contributed by atoms with Crippen molar-refractivity contribution >= 4 is 0 Å². The van der Waals surface area contributed by atoms with Gasteiger partial charge >= 0.3 is 0 Å². The van der Waals surface area contributed by atoms with Gasteiger partial charge in [0.1, 0.15) is 0 Å². The number of nitrogens with zero attached hydrogens (tertiary/aromatic N) is 4. The first-order valence-corrected chi connectivity index (χ1v) is 5.53. The molecule has 0 saturated carbocycles. The Balaban J connectivity index is 1.85. The molecule has 0 aromatic carbocycles. The molecule has 90 valence electrons. The number of rotatable bonds is 5. The lowest BCUT2D eigenvalue weighted by molar-refractivity contribution is 0.408. The Labute approximate surface area is 99.5 Å². The highest BCUT2D eigenvalue weighted by Gasteiger charge is 2.09. The molecule has 0 saturated heterocycles. The summed E-state index contributed by atoms with van der Waals surface area (Å²) in [6.45, 7) is 4.80. The molecule has 0 bridgehead atoms. The second kappa shape index (κ2) is 5.49. The molecule has 2 aromatic heterocycles. The predicted octanol–water partition coefficient (Wildman–Crippen LogP) is 1.06. The summed E-state index contributed by atoms with van der Waals surface area (Å²) in [7, 11) is 0. The summed E-state index contributed by atoms with van der Waals surface area (Å²) < 4.78 is 4.66. The van der Waals surface area contributed by atoms with Crippen LogP contribution in [0.5, 0.6) is 0 Å². The summed E-state index contributed by atoms with van der Waals surface area (Å²) in [6, 6.07) is 0.163. The fraction of sp³-hybridized carbons (Fsp3) is 0.455. The fourth-order valence-electron chi connectivity index (χ4n) is 1.64. The molecule has 1 atom stereocenters. The van der Waals surface area contributed by atoms with Crippen LogP contribution in [0.25, 0.3) is 0 Å². The Morgan fingerprint density at radius 1 is 1.29 bits per heavy atom. The van der Waals surface area contributed by atoms with Crippen molar-refractivity contribution in [2.45, 2.75) is 26.3 Å². The van der Waals surface area contributed by atoms with Crippen LogP contribution in [0, 0.1) is 6.92 Å². The van der Waals surface area contributed by atoms with Crippen molar-refractivity contribution in [1.82, 2.24) is 25.4 Å². The van der Waals surface area contributed by atoms with E-state index in [-0.39, 0.29) is 6.04 Å². The van der Waals surface area contributed by atoms with Crippen molar-refractivity contribution in [1.29, 1.82) is 0 Å². The molecule has 0 fully saturated rings. The number of hydrogen-bond acceptors (Lipinski definition) is 6. The van der Waals surface area contributed by atoms with Gasteiger partial charge in [-0.15, -0.1) is 0 Å². The zero-order valence-electron chi connectivity index (χ0n) is 9.92. The van der Waals surface area contributed by atoms with Gasteiger partial charge in [-0.25, -0.2) is 0 Å². The van der Waals surface area contributed by atoms with E-state index in [4.69, 9.17) is 0 Å². The Morgan fingerprint density at radius 3 is 2.82 bits per heavy atom. The average molecular weight is 233 g/mol. The van der Waals surface area contributed by atoms with E-state index < -0.39 is 0 Å². The third kappa shape index (κ3) is 3.07. The van der Waals surface area contributed by atoms with Crippen LogP contribution in [0.4, 0.5) is 0 Å². The smallest absolute Gasteiger partial charge is 0.213 e. The summed E-state index contributed by atoms with van der Waals surface area (Å²) >= 11 is 0. The molecule has 0 amide bonds. The molecule has 0 aliphatic heterocycles. The van der Waals surface area contributed by atoms with Gasteiger partial charge in [0.05, 0.1) is 11.4 Å². The molecule has 0 aliphatic carbocycles. The minimum Gasteiger partial charge on any atom is -0.343 e. The molecular weight excluding hydrogens is 218 g/mol. The zero-order valence-corrected chi connectivity index (χ0v) is 9.92. The second-order valence-electron chi connectivity index (χ2n) is 3.80. The van der Waals surface area contributed by atoms with E-state index in [1.165, 1.54) is 6.39 Å². The van der Waals surface area contributed by atoms with E-state index in [0.29, 0.717) is 5.82 Å². The number of aromatic nitrogens is 4. The Bertz CT molecular complexity index is 457. The monoisotopic (exact) mass is 233 g/mol. The number of hydrogen-bond donors (Lipinski definition) is 1. The topological polar surface area (TPSA) is 76.7 Å². The molecule has 1 unspecified atom stereocenters. The van der Waals surface area contributed by atoms with Crippen LogP contribution in [-0.4, -0.2) is 26.7 Å². The molecule has 2 rings (SSSR count). The van der Waals surface area contributed by atoms with Crippen LogP contribution in [0.2, 0.25) is 0 Å². The first-order valence-electron chi connectivity index (χ1n) is 5.53. The zero-order chi connectivity index (χ0) is 12.1. The maximum Gasteiger partial charge on any atom is 0.213 e. The van der Waals surface area contributed by atoms with Crippen LogP contribution in [0.3, 0.4) is 0 Å². The maximum atomic E-state index is 4.66. The molecule has 6 heteroatoms. The molecule has 2 aromatic rings. The van der Waals surface area contributed by atoms with Crippen LogP contribution in [-0.2, 0) is 6.42 Å². The van der Waals surface area contributed by atoms with E-state index in [0.717, 1.165) is 24.4 Å². The highest BCUT2D eigenvalue weighted by Crippen LogP contribution is 2.11. The van der Waals surface area contributed by atoms with Gasteiger partial charge in [-0.05, 0) is 13.8 Å². The van der Waals surface area contributed by atoms with Crippen LogP contribution in [0.1, 0.15) is 30.2 Å². The van der Waals surface area contributed by atoms with Gasteiger partial charge in [-0.2, -0.15) is 4.98 Å². The van der Waals surface area contributed by atoms with Crippen molar-refractivity contribution in [2.24, 2.45) is 0 Å². The lowest BCUT2D eigenvalue weighted by Crippen LogP contribution is -2.23. The van der Waals surface area contributed by atoms with Crippen molar-refractivity contribution in [3.05, 3.63) is 36.0 Å². The van der Waals surface area contributed by atoms with E-state index in [2.05, 4.69) is 36.9 Å². The van der Waals surface area contributed by atoms with Gasteiger partial charge in [0, 0.05) is 31.4 Å². The van der Waals surface area contributed by atoms with E-state index in [9.17, 15) is 0 Å². The Kier molecular flexibility index (Phi) is 3.77. The molecular formula is C11H15N5O. The van der Waals surface area contributed by atoms with Gasteiger partial charge in [-0.1, -0.05) is 5.16 Å². The molecule has 1 N–H and O–H groups in total. The Morgan fingerprint density at radius 2 is 2.12 bits per heavy atom. The highest BCUT2D eigenvalue weighted by atomic mass is 16.5.